The number of benzene rings is 1. The molecule has 2 atom stereocenters. The summed E-state index contributed by atoms with van der Waals surface area (Å²) in [5, 5.41) is 16.9. The summed E-state index contributed by atoms with van der Waals surface area (Å²) in [5.74, 6) is 0. The minimum absolute atomic E-state index is 0.252. The number of nitrogens with one attached hydrogen (secondary N) is 2. The number of carbonyl (C=O) groups is 1. The van der Waals surface area contributed by atoms with Crippen LogP contribution in [0.25, 0.3) is 0 Å². The molecule has 3 rings (SSSR count). The Morgan fingerprint density at radius 3 is 3.04 bits per heavy atom. The SMILES string of the molecule is CCc1cnc(CCNC(=O)NC2c3ccccc3CC2O)s1. The first-order valence-electron chi connectivity index (χ1n) is 7.91. The van der Waals surface area contributed by atoms with E-state index >= 15 is 0 Å². The molecule has 122 valence electrons. The summed E-state index contributed by atoms with van der Waals surface area (Å²) in [6.45, 7) is 2.64. The molecule has 2 amide bonds. The molecule has 1 aromatic heterocycles. The zero-order chi connectivity index (χ0) is 16.2. The molecule has 0 bridgehead atoms. The van der Waals surface area contributed by atoms with Gasteiger partial charge < -0.3 is 15.7 Å². The summed E-state index contributed by atoms with van der Waals surface area (Å²) < 4.78 is 0. The fourth-order valence-corrected chi connectivity index (χ4v) is 3.71. The van der Waals surface area contributed by atoms with Gasteiger partial charge in [-0.2, -0.15) is 0 Å². The van der Waals surface area contributed by atoms with Crippen LogP contribution in [0.3, 0.4) is 0 Å². The van der Waals surface area contributed by atoms with E-state index in [2.05, 4.69) is 22.5 Å². The van der Waals surface area contributed by atoms with Gasteiger partial charge in [0.1, 0.15) is 0 Å². The number of thiazole rings is 1. The number of nitrogens with zero attached hydrogens (tertiary/aromatic N) is 1. The Morgan fingerprint density at radius 2 is 2.26 bits per heavy atom. The third-order valence-electron chi connectivity index (χ3n) is 4.06. The number of carbonyl (C=O) groups excluding carboxylic acids is 1. The minimum atomic E-state index is -0.566. The molecule has 1 aliphatic rings. The highest BCUT2D eigenvalue weighted by molar-refractivity contribution is 7.11. The normalized spacial score (nSPS) is 19.4. The number of aromatic nitrogens is 1. The summed E-state index contributed by atoms with van der Waals surface area (Å²) in [5.41, 5.74) is 2.10. The first kappa shape index (κ1) is 16.0. The molecule has 5 nitrogen and oxygen atoms in total. The van der Waals surface area contributed by atoms with Crippen LogP contribution in [0.15, 0.2) is 30.5 Å². The second-order valence-electron chi connectivity index (χ2n) is 5.67. The van der Waals surface area contributed by atoms with Crippen LogP contribution in [-0.4, -0.2) is 28.8 Å². The van der Waals surface area contributed by atoms with Crippen molar-refractivity contribution in [2.45, 2.75) is 38.3 Å². The second-order valence-corrected chi connectivity index (χ2v) is 6.87. The molecule has 1 aromatic carbocycles. The molecule has 23 heavy (non-hydrogen) atoms. The van der Waals surface area contributed by atoms with Crippen molar-refractivity contribution in [3.63, 3.8) is 0 Å². The molecule has 6 heteroatoms. The largest absolute Gasteiger partial charge is 0.390 e. The zero-order valence-electron chi connectivity index (χ0n) is 13.1. The van der Waals surface area contributed by atoms with Crippen molar-refractivity contribution in [2.24, 2.45) is 0 Å². The van der Waals surface area contributed by atoms with Gasteiger partial charge in [-0.15, -0.1) is 11.3 Å². The lowest BCUT2D eigenvalue weighted by molar-refractivity contribution is 0.142. The van der Waals surface area contributed by atoms with E-state index in [0.29, 0.717) is 13.0 Å². The highest BCUT2D eigenvalue weighted by atomic mass is 32.1. The van der Waals surface area contributed by atoms with E-state index in [9.17, 15) is 9.90 Å². The number of hydrogen-bond acceptors (Lipinski definition) is 4. The number of urea groups is 1. The highest BCUT2D eigenvalue weighted by Gasteiger charge is 2.31. The average Bonchev–Trinajstić information content (AvgIpc) is 3.12. The molecule has 0 radical (unpaired) electrons. The lowest BCUT2D eigenvalue weighted by Crippen LogP contribution is -2.41. The van der Waals surface area contributed by atoms with Crippen LogP contribution < -0.4 is 10.6 Å². The van der Waals surface area contributed by atoms with Crippen LogP contribution in [-0.2, 0) is 19.3 Å². The molecule has 0 fully saturated rings. The topological polar surface area (TPSA) is 74.2 Å². The van der Waals surface area contributed by atoms with Gasteiger partial charge in [-0.1, -0.05) is 31.2 Å². The fraction of sp³-hybridized carbons (Fsp3) is 0.412. The Morgan fingerprint density at radius 1 is 1.43 bits per heavy atom. The van der Waals surface area contributed by atoms with Crippen molar-refractivity contribution in [2.75, 3.05) is 6.54 Å². The maximum absolute atomic E-state index is 12.1. The standard InChI is InChI=1S/C17H21N3O2S/c1-2-12-10-19-15(23-12)7-8-18-17(22)20-16-13-6-4-3-5-11(13)9-14(16)21/h3-6,10,14,16,21H,2,7-9H2,1H3,(H2,18,20,22). The van der Waals surface area contributed by atoms with Crippen molar-refractivity contribution in [3.8, 4) is 0 Å². The van der Waals surface area contributed by atoms with Crippen LogP contribution in [0.2, 0.25) is 0 Å². The summed E-state index contributed by atoms with van der Waals surface area (Å²) in [6, 6.07) is 7.24. The van der Waals surface area contributed by atoms with Gasteiger partial charge in [-0.3, -0.25) is 0 Å². The number of rotatable bonds is 5. The Bertz CT molecular complexity index is 686. The van der Waals surface area contributed by atoms with Crippen LogP contribution in [0.1, 0.15) is 34.0 Å². The van der Waals surface area contributed by atoms with Crippen LogP contribution in [0, 0.1) is 0 Å². The summed E-state index contributed by atoms with van der Waals surface area (Å²) >= 11 is 1.69. The maximum Gasteiger partial charge on any atom is 0.315 e. The molecule has 1 aliphatic carbocycles. The van der Waals surface area contributed by atoms with Gasteiger partial charge in [0, 0.05) is 30.5 Å². The number of aliphatic hydroxyl groups excluding tert-OH is 1. The number of hydrogen-bond donors (Lipinski definition) is 3. The first-order chi connectivity index (χ1) is 11.2. The first-order valence-corrected chi connectivity index (χ1v) is 8.73. The van der Waals surface area contributed by atoms with Crippen molar-refractivity contribution < 1.29 is 9.90 Å². The molecule has 3 N–H and O–H groups in total. The van der Waals surface area contributed by atoms with Crippen molar-refractivity contribution in [3.05, 3.63) is 51.5 Å². The van der Waals surface area contributed by atoms with Crippen LogP contribution in [0.4, 0.5) is 4.79 Å². The monoisotopic (exact) mass is 331 g/mol. The van der Waals surface area contributed by atoms with E-state index in [1.54, 1.807) is 11.3 Å². The lowest BCUT2D eigenvalue weighted by Gasteiger charge is -2.18. The predicted molar refractivity (Wildman–Crippen MR) is 90.6 cm³/mol. The number of fused-ring (bicyclic) bond motifs is 1. The highest BCUT2D eigenvalue weighted by Crippen LogP contribution is 2.30. The molecular formula is C17H21N3O2S. The number of amides is 2. The van der Waals surface area contributed by atoms with E-state index < -0.39 is 6.10 Å². The van der Waals surface area contributed by atoms with E-state index in [0.717, 1.165) is 29.0 Å². The maximum atomic E-state index is 12.1. The minimum Gasteiger partial charge on any atom is -0.390 e. The Balaban J connectivity index is 1.50. The van der Waals surface area contributed by atoms with Gasteiger partial charge in [0.15, 0.2) is 0 Å². The van der Waals surface area contributed by atoms with Crippen molar-refractivity contribution in [1.29, 1.82) is 0 Å². The second kappa shape index (κ2) is 7.10. The molecule has 1 heterocycles. The van der Waals surface area contributed by atoms with Gasteiger partial charge in [-0.25, -0.2) is 9.78 Å². The number of aliphatic hydroxyl groups is 1. The van der Waals surface area contributed by atoms with Gasteiger partial charge >= 0.3 is 6.03 Å². The molecule has 0 aliphatic heterocycles. The number of aryl methyl sites for hydroxylation is 1. The Hall–Kier alpha value is -1.92. The summed E-state index contributed by atoms with van der Waals surface area (Å²) in [7, 11) is 0. The van der Waals surface area contributed by atoms with Gasteiger partial charge in [0.2, 0.25) is 0 Å². The third kappa shape index (κ3) is 3.71. The fourth-order valence-electron chi connectivity index (χ4n) is 2.85. The summed E-state index contributed by atoms with van der Waals surface area (Å²) in [4.78, 5) is 17.7. The van der Waals surface area contributed by atoms with E-state index in [-0.39, 0.29) is 12.1 Å². The molecule has 0 saturated carbocycles. The molecule has 0 saturated heterocycles. The van der Waals surface area contributed by atoms with Crippen LogP contribution in [0.5, 0.6) is 0 Å². The van der Waals surface area contributed by atoms with E-state index in [1.807, 2.05) is 30.5 Å². The smallest absolute Gasteiger partial charge is 0.315 e. The zero-order valence-corrected chi connectivity index (χ0v) is 13.9. The van der Waals surface area contributed by atoms with Gasteiger partial charge in [0.25, 0.3) is 0 Å². The van der Waals surface area contributed by atoms with Crippen molar-refractivity contribution >= 4 is 17.4 Å². The lowest BCUT2D eigenvalue weighted by atomic mass is 10.1. The van der Waals surface area contributed by atoms with Gasteiger partial charge in [0.05, 0.1) is 17.2 Å². The Labute approximate surface area is 139 Å². The molecule has 2 unspecified atom stereocenters. The molecule has 2 aromatic rings. The average molecular weight is 331 g/mol. The van der Waals surface area contributed by atoms with E-state index in [1.165, 1.54) is 4.88 Å². The van der Waals surface area contributed by atoms with Crippen molar-refractivity contribution in [1.82, 2.24) is 15.6 Å². The Kier molecular flexibility index (Phi) is 4.93. The van der Waals surface area contributed by atoms with E-state index in [4.69, 9.17) is 0 Å². The summed E-state index contributed by atoms with van der Waals surface area (Å²) in [6.07, 6.45) is 3.63. The quantitative estimate of drug-likeness (QED) is 0.786. The molecule has 0 spiro atoms. The molecular weight excluding hydrogens is 310 g/mol. The van der Waals surface area contributed by atoms with Crippen LogP contribution >= 0.6 is 11.3 Å². The predicted octanol–water partition coefficient (Wildman–Crippen LogP) is 2.21. The van der Waals surface area contributed by atoms with Gasteiger partial charge in [-0.05, 0) is 17.5 Å². The third-order valence-corrected chi connectivity index (χ3v) is 5.27.